The van der Waals surface area contributed by atoms with Crippen molar-refractivity contribution in [2.75, 3.05) is 18.5 Å². The molecule has 0 aromatic heterocycles. The average molecular weight is 532 g/mol. The summed E-state index contributed by atoms with van der Waals surface area (Å²) in [5.41, 5.74) is 0.642. The van der Waals surface area contributed by atoms with Crippen molar-refractivity contribution in [1.29, 1.82) is 0 Å². The van der Waals surface area contributed by atoms with E-state index in [4.69, 9.17) is 4.74 Å². The van der Waals surface area contributed by atoms with E-state index in [0.717, 1.165) is 12.2 Å². The Morgan fingerprint density at radius 1 is 1.16 bits per heavy atom. The Labute approximate surface area is 224 Å². The fraction of sp³-hybridized carbons (Fsp3) is 0.679. The van der Waals surface area contributed by atoms with Crippen molar-refractivity contribution in [3.8, 4) is 5.75 Å². The number of thioether (sulfide) groups is 1. The molecule has 0 saturated carbocycles. The van der Waals surface area contributed by atoms with Gasteiger partial charge in [-0.1, -0.05) is 13.8 Å². The van der Waals surface area contributed by atoms with Crippen LogP contribution in [0, 0.1) is 17.8 Å². The van der Waals surface area contributed by atoms with Crippen LogP contribution in [0.3, 0.4) is 0 Å². The molecule has 3 aliphatic rings. The molecule has 6 atom stereocenters. The summed E-state index contributed by atoms with van der Waals surface area (Å²) < 4.78 is 4.35. The van der Waals surface area contributed by atoms with Crippen LogP contribution in [-0.4, -0.2) is 68.6 Å². The first-order chi connectivity index (χ1) is 17.5. The van der Waals surface area contributed by atoms with E-state index in [1.165, 1.54) is 0 Å². The van der Waals surface area contributed by atoms with Gasteiger partial charge in [0.05, 0.1) is 35.8 Å². The van der Waals surface area contributed by atoms with Gasteiger partial charge in [0.25, 0.3) is 0 Å². The molecule has 3 heterocycles. The number of ether oxygens (including phenoxy) is 1. The Morgan fingerprint density at radius 2 is 1.84 bits per heavy atom. The first-order valence-electron chi connectivity index (χ1n) is 13.4. The third-order valence-electron chi connectivity index (χ3n) is 7.96. The number of anilines is 1. The number of nitrogens with one attached hydrogen (secondary N) is 2. The lowest BCUT2D eigenvalue weighted by molar-refractivity contribution is -0.143. The van der Waals surface area contributed by atoms with Crippen molar-refractivity contribution in [2.45, 2.75) is 88.4 Å². The fourth-order valence-corrected chi connectivity index (χ4v) is 9.00. The number of rotatable bonds is 10. The number of hydrogen-bond acceptors (Lipinski definition) is 6. The van der Waals surface area contributed by atoms with E-state index in [9.17, 15) is 19.5 Å². The predicted octanol–water partition coefficient (Wildman–Crippen LogP) is 3.44. The summed E-state index contributed by atoms with van der Waals surface area (Å²) in [7, 11) is 0. The minimum Gasteiger partial charge on any atom is -0.494 e. The highest BCUT2D eigenvalue weighted by Gasteiger charge is 2.77. The monoisotopic (exact) mass is 531 g/mol. The lowest BCUT2D eigenvalue weighted by Crippen LogP contribution is -2.57. The van der Waals surface area contributed by atoms with Crippen molar-refractivity contribution in [2.24, 2.45) is 17.8 Å². The van der Waals surface area contributed by atoms with Crippen LogP contribution in [0.1, 0.15) is 60.8 Å². The quantitative estimate of drug-likeness (QED) is 0.427. The maximum absolute atomic E-state index is 14.2. The van der Waals surface area contributed by atoms with Gasteiger partial charge in [-0.15, -0.1) is 11.8 Å². The molecule has 4 rings (SSSR count). The lowest BCUT2D eigenvalue weighted by atomic mass is 9.66. The standard InChI is InChI=1S/C28H41N3O5S/c1-7-36-20-10-8-18(9-11-20)30-24(33)21-22-26(35)31(19(15-32)14-16(2)3)23(25(34)29-17(4)5)28(22)13-12-27(21,6)37-28/h8-11,16-17,19,21-23,32H,7,12-15H2,1-6H3,(H,29,34)(H,30,33)/t19-,21+,22+,23?,27-,28?/m1/s1. The van der Waals surface area contributed by atoms with Crippen LogP contribution < -0.4 is 15.4 Å². The van der Waals surface area contributed by atoms with Crippen LogP contribution in [0.4, 0.5) is 5.69 Å². The summed E-state index contributed by atoms with van der Waals surface area (Å²) >= 11 is 1.64. The van der Waals surface area contributed by atoms with E-state index >= 15 is 0 Å². The van der Waals surface area contributed by atoms with Gasteiger partial charge in [0, 0.05) is 16.5 Å². The number of aliphatic hydroxyl groups is 1. The molecule has 3 saturated heterocycles. The molecule has 37 heavy (non-hydrogen) atoms. The van der Waals surface area contributed by atoms with E-state index in [1.807, 2.05) is 46.8 Å². The summed E-state index contributed by atoms with van der Waals surface area (Å²) in [6.07, 6.45) is 2.02. The van der Waals surface area contributed by atoms with Gasteiger partial charge >= 0.3 is 0 Å². The SMILES string of the molecule is CCOc1ccc(NC(=O)[C@@H]2[C@H]3C(=O)N([C@@H](CO)CC(C)C)C(C(=O)NC(C)C)C34CC[C@@]2(C)S4)cc1. The number of aliphatic hydroxyl groups excluding tert-OH is 1. The molecule has 1 spiro atoms. The van der Waals surface area contributed by atoms with Crippen molar-refractivity contribution >= 4 is 35.2 Å². The molecule has 3 aliphatic heterocycles. The third-order valence-corrected chi connectivity index (χ3v) is 9.94. The van der Waals surface area contributed by atoms with Crippen molar-refractivity contribution in [1.82, 2.24) is 10.2 Å². The molecule has 3 amide bonds. The van der Waals surface area contributed by atoms with Gasteiger partial charge in [-0.3, -0.25) is 14.4 Å². The van der Waals surface area contributed by atoms with Crippen molar-refractivity contribution in [3.05, 3.63) is 24.3 Å². The average Bonchev–Trinajstić information content (AvgIpc) is 3.39. The molecule has 9 heteroatoms. The maximum atomic E-state index is 14.2. The highest BCUT2D eigenvalue weighted by atomic mass is 32.2. The third kappa shape index (κ3) is 4.85. The second-order valence-corrected chi connectivity index (χ2v) is 13.4. The second kappa shape index (κ2) is 10.5. The lowest BCUT2D eigenvalue weighted by Gasteiger charge is -2.38. The zero-order valence-corrected chi connectivity index (χ0v) is 23.6. The van der Waals surface area contributed by atoms with Gasteiger partial charge in [0.1, 0.15) is 11.8 Å². The molecule has 0 radical (unpaired) electrons. The zero-order valence-electron chi connectivity index (χ0n) is 22.7. The Kier molecular flexibility index (Phi) is 7.87. The number of carbonyl (C=O) groups is 3. The Hall–Kier alpha value is -2.26. The van der Waals surface area contributed by atoms with Crippen LogP contribution in [0.5, 0.6) is 5.75 Å². The van der Waals surface area contributed by atoms with E-state index in [2.05, 4.69) is 17.6 Å². The summed E-state index contributed by atoms with van der Waals surface area (Å²) in [5, 5.41) is 16.4. The summed E-state index contributed by atoms with van der Waals surface area (Å²) in [4.78, 5) is 43.3. The van der Waals surface area contributed by atoms with E-state index in [1.54, 1.807) is 28.8 Å². The van der Waals surface area contributed by atoms with Crippen molar-refractivity contribution < 1.29 is 24.2 Å². The second-order valence-electron chi connectivity index (χ2n) is 11.5. The molecule has 3 fully saturated rings. The fourth-order valence-electron chi connectivity index (χ4n) is 6.66. The van der Waals surface area contributed by atoms with Crippen molar-refractivity contribution in [3.63, 3.8) is 0 Å². The summed E-state index contributed by atoms with van der Waals surface area (Å²) in [5.74, 6) is -0.831. The molecule has 8 nitrogen and oxygen atoms in total. The van der Waals surface area contributed by atoms with Gasteiger partial charge in [-0.05, 0) is 77.1 Å². The molecule has 3 N–H and O–H groups in total. The summed E-state index contributed by atoms with van der Waals surface area (Å²) in [6.45, 7) is 12.2. The number of amides is 3. The first kappa shape index (κ1) is 27.8. The number of carbonyl (C=O) groups excluding carboxylic acids is 3. The smallest absolute Gasteiger partial charge is 0.244 e. The van der Waals surface area contributed by atoms with Gasteiger partial charge in [-0.25, -0.2) is 0 Å². The van der Waals surface area contributed by atoms with Crippen LogP contribution >= 0.6 is 11.8 Å². The number of fused-ring (bicyclic) bond motifs is 1. The Morgan fingerprint density at radius 3 is 2.41 bits per heavy atom. The molecule has 1 aromatic carbocycles. The molecule has 2 unspecified atom stereocenters. The minimum atomic E-state index is -0.724. The van der Waals surface area contributed by atoms with Crippen LogP contribution in [0.25, 0.3) is 0 Å². The van der Waals surface area contributed by atoms with Gasteiger partial charge in [0.2, 0.25) is 17.7 Å². The largest absolute Gasteiger partial charge is 0.494 e. The molecular formula is C28H41N3O5S. The van der Waals surface area contributed by atoms with Gasteiger partial charge < -0.3 is 25.4 Å². The van der Waals surface area contributed by atoms with Crippen LogP contribution in [0.2, 0.25) is 0 Å². The molecule has 204 valence electrons. The highest BCUT2D eigenvalue weighted by molar-refractivity contribution is 8.02. The van der Waals surface area contributed by atoms with Crippen LogP contribution in [-0.2, 0) is 14.4 Å². The molecule has 2 bridgehead atoms. The number of hydrogen-bond donors (Lipinski definition) is 3. The molecular weight excluding hydrogens is 490 g/mol. The normalized spacial score (nSPS) is 31.1. The van der Waals surface area contributed by atoms with Gasteiger partial charge in [0.15, 0.2) is 0 Å². The Bertz CT molecular complexity index is 1030. The Balaban J connectivity index is 1.70. The van der Waals surface area contributed by atoms with Gasteiger partial charge in [-0.2, -0.15) is 0 Å². The highest BCUT2D eigenvalue weighted by Crippen LogP contribution is 2.71. The maximum Gasteiger partial charge on any atom is 0.244 e. The van der Waals surface area contributed by atoms with Crippen LogP contribution in [0.15, 0.2) is 24.3 Å². The number of nitrogens with zero attached hydrogens (tertiary/aromatic N) is 1. The molecule has 1 aromatic rings. The van der Waals surface area contributed by atoms with E-state index in [0.29, 0.717) is 25.1 Å². The summed E-state index contributed by atoms with van der Waals surface area (Å²) in [6, 6.07) is 5.93. The number of benzene rings is 1. The minimum absolute atomic E-state index is 0.0875. The van der Waals surface area contributed by atoms with E-state index < -0.39 is 33.4 Å². The van der Waals surface area contributed by atoms with E-state index in [-0.39, 0.29) is 36.3 Å². The first-order valence-corrected chi connectivity index (χ1v) is 14.3. The number of likely N-dealkylation sites (tertiary alicyclic amines) is 1. The zero-order chi connectivity index (χ0) is 27.1. The predicted molar refractivity (Wildman–Crippen MR) is 145 cm³/mol. The topological polar surface area (TPSA) is 108 Å². The molecule has 0 aliphatic carbocycles.